The summed E-state index contributed by atoms with van der Waals surface area (Å²) in [6.45, 7) is 7.21. The first-order valence-corrected chi connectivity index (χ1v) is 16.1. The normalized spacial score (nSPS) is 13.1. The van der Waals surface area contributed by atoms with E-state index in [1.54, 1.807) is 0 Å². The van der Waals surface area contributed by atoms with Gasteiger partial charge in [0, 0.05) is 6.42 Å². The standard InChI is InChI=1S/C33H65N/c1-4-32(2)28-24-21-19-22-26-30-33(3)29-25-20-17-15-13-11-9-7-5-6-8-10-12-14-16-18-23-27-31-34/h32-33H,4-30H2,1-3H3. The maximum absolute atomic E-state index is 8.53. The minimum atomic E-state index is 0.748. The molecule has 0 heterocycles. The van der Waals surface area contributed by atoms with E-state index >= 15 is 0 Å². The molecule has 0 radical (unpaired) electrons. The molecular weight excluding hydrogens is 410 g/mol. The van der Waals surface area contributed by atoms with E-state index in [1.165, 1.54) is 161 Å². The Kier molecular flexibility index (Phi) is 28.3. The van der Waals surface area contributed by atoms with Crippen molar-refractivity contribution in [3.8, 4) is 6.07 Å². The summed E-state index contributed by atoms with van der Waals surface area (Å²) in [5, 5.41) is 8.53. The molecule has 0 aromatic carbocycles. The van der Waals surface area contributed by atoms with Crippen molar-refractivity contribution < 1.29 is 0 Å². The Morgan fingerprint density at radius 1 is 0.412 bits per heavy atom. The summed E-state index contributed by atoms with van der Waals surface area (Å²) in [5.74, 6) is 1.89. The van der Waals surface area contributed by atoms with Gasteiger partial charge in [0.15, 0.2) is 0 Å². The quantitative estimate of drug-likeness (QED) is 0.103. The topological polar surface area (TPSA) is 23.8 Å². The molecule has 0 amide bonds. The number of hydrogen-bond acceptors (Lipinski definition) is 1. The van der Waals surface area contributed by atoms with Gasteiger partial charge in [-0.1, -0.05) is 181 Å². The maximum Gasteiger partial charge on any atom is 0.0621 e. The molecule has 0 saturated heterocycles. The number of nitrogens with zero attached hydrogens (tertiary/aromatic N) is 1. The van der Waals surface area contributed by atoms with Gasteiger partial charge in [-0.3, -0.25) is 0 Å². The molecule has 1 heteroatoms. The molecule has 0 rings (SSSR count). The molecule has 0 aliphatic rings. The Labute approximate surface area is 217 Å². The van der Waals surface area contributed by atoms with Crippen LogP contribution in [0, 0.1) is 23.2 Å². The van der Waals surface area contributed by atoms with E-state index in [4.69, 9.17) is 5.26 Å². The van der Waals surface area contributed by atoms with E-state index in [9.17, 15) is 0 Å². The van der Waals surface area contributed by atoms with Gasteiger partial charge in [0.2, 0.25) is 0 Å². The highest BCUT2D eigenvalue weighted by Gasteiger charge is 2.03. The number of hydrogen-bond donors (Lipinski definition) is 0. The van der Waals surface area contributed by atoms with Crippen LogP contribution < -0.4 is 0 Å². The SMILES string of the molecule is CCC(C)CCCCCCCC(C)CCCCCCCCCCCCCCCCCCCC#N. The molecule has 0 spiro atoms. The summed E-state index contributed by atoms with van der Waals surface area (Å²) >= 11 is 0. The van der Waals surface area contributed by atoms with Gasteiger partial charge in [-0.05, 0) is 18.3 Å². The van der Waals surface area contributed by atoms with Gasteiger partial charge in [0.1, 0.15) is 0 Å². The Hall–Kier alpha value is -0.510. The fraction of sp³-hybridized carbons (Fsp3) is 0.970. The monoisotopic (exact) mass is 476 g/mol. The smallest absolute Gasteiger partial charge is 0.0621 e. The predicted molar refractivity (Wildman–Crippen MR) is 154 cm³/mol. The zero-order valence-electron chi connectivity index (χ0n) is 24.2. The van der Waals surface area contributed by atoms with E-state index in [1.807, 2.05) is 0 Å². The second kappa shape index (κ2) is 28.7. The van der Waals surface area contributed by atoms with Crippen molar-refractivity contribution in [2.24, 2.45) is 11.8 Å². The van der Waals surface area contributed by atoms with E-state index in [0.717, 1.165) is 24.7 Å². The molecule has 0 aromatic rings. The molecule has 34 heavy (non-hydrogen) atoms. The predicted octanol–water partition coefficient (Wildman–Crippen LogP) is 12.3. The van der Waals surface area contributed by atoms with Crippen LogP contribution in [-0.4, -0.2) is 0 Å². The van der Waals surface area contributed by atoms with Gasteiger partial charge in [0.25, 0.3) is 0 Å². The van der Waals surface area contributed by atoms with Crippen molar-refractivity contribution in [1.29, 1.82) is 5.26 Å². The Balaban J connectivity index is 3.14. The fourth-order valence-corrected chi connectivity index (χ4v) is 5.21. The Morgan fingerprint density at radius 3 is 0.971 bits per heavy atom. The molecule has 1 nitrogen and oxygen atoms in total. The minimum Gasteiger partial charge on any atom is -0.198 e. The van der Waals surface area contributed by atoms with E-state index in [0.29, 0.717) is 0 Å². The van der Waals surface area contributed by atoms with Gasteiger partial charge >= 0.3 is 0 Å². The van der Waals surface area contributed by atoms with Gasteiger partial charge in [0.05, 0.1) is 6.07 Å². The van der Waals surface area contributed by atoms with Gasteiger partial charge in [-0.15, -0.1) is 0 Å². The largest absolute Gasteiger partial charge is 0.198 e. The van der Waals surface area contributed by atoms with Crippen LogP contribution >= 0.6 is 0 Å². The lowest BCUT2D eigenvalue weighted by Gasteiger charge is -2.11. The molecule has 2 unspecified atom stereocenters. The van der Waals surface area contributed by atoms with Crippen LogP contribution in [-0.2, 0) is 0 Å². The molecule has 0 saturated carbocycles. The fourth-order valence-electron chi connectivity index (χ4n) is 5.21. The van der Waals surface area contributed by atoms with Crippen LogP contribution in [0.5, 0.6) is 0 Å². The lowest BCUT2D eigenvalue weighted by molar-refractivity contribution is 0.425. The molecule has 0 aromatic heterocycles. The third kappa shape index (κ3) is 27.7. The molecule has 202 valence electrons. The molecule has 2 atom stereocenters. The highest BCUT2D eigenvalue weighted by Crippen LogP contribution is 2.20. The Bertz CT molecular complexity index is 409. The molecule has 0 aliphatic carbocycles. The molecule has 0 aliphatic heterocycles. The van der Waals surface area contributed by atoms with Crippen LogP contribution in [0.25, 0.3) is 0 Å². The van der Waals surface area contributed by atoms with Crippen LogP contribution in [0.2, 0.25) is 0 Å². The summed E-state index contributed by atoms with van der Waals surface area (Å²) in [4.78, 5) is 0. The zero-order valence-corrected chi connectivity index (χ0v) is 24.2. The van der Waals surface area contributed by atoms with Crippen LogP contribution in [0.1, 0.15) is 194 Å². The van der Waals surface area contributed by atoms with E-state index < -0.39 is 0 Å². The highest BCUT2D eigenvalue weighted by atomic mass is 14.2. The summed E-state index contributed by atoms with van der Waals surface area (Å²) in [5.41, 5.74) is 0. The lowest BCUT2D eigenvalue weighted by Crippen LogP contribution is -1.95. The summed E-state index contributed by atoms with van der Waals surface area (Å²) in [7, 11) is 0. The molecule has 0 fully saturated rings. The lowest BCUT2D eigenvalue weighted by atomic mass is 9.95. The third-order valence-electron chi connectivity index (χ3n) is 8.08. The minimum absolute atomic E-state index is 0.748. The molecule has 0 N–H and O–H groups in total. The maximum atomic E-state index is 8.53. The van der Waals surface area contributed by atoms with Gasteiger partial charge in [-0.2, -0.15) is 5.26 Å². The van der Waals surface area contributed by atoms with Crippen LogP contribution in [0.15, 0.2) is 0 Å². The van der Waals surface area contributed by atoms with Gasteiger partial charge in [-0.25, -0.2) is 0 Å². The van der Waals surface area contributed by atoms with Crippen molar-refractivity contribution in [3.05, 3.63) is 0 Å². The average Bonchev–Trinajstić information content (AvgIpc) is 2.84. The van der Waals surface area contributed by atoms with Crippen LogP contribution in [0.4, 0.5) is 0 Å². The van der Waals surface area contributed by atoms with Crippen LogP contribution in [0.3, 0.4) is 0 Å². The second-order valence-corrected chi connectivity index (χ2v) is 11.7. The highest BCUT2D eigenvalue weighted by molar-refractivity contribution is 4.67. The summed E-state index contributed by atoms with van der Waals surface area (Å²) < 4.78 is 0. The van der Waals surface area contributed by atoms with Crippen molar-refractivity contribution in [2.75, 3.05) is 0 Å². The third-order valence-corrected chi connectivity index (χ3v) is 8.08. The number of nitriles is 1. The van der Waals surface area contributed by atoms with Crippen molar-refractivity contribution in [3.63, 3.8) is 0 Å². The molecule has 0 bridgehead atoms. The number of rotatable bonds is 28. The first-order valence-electron chi connectivity index (χ1n) is 16.1. The van der Waals surface area contributed by atoms with Crippen molar-refractivity contribution in [2.45, 2.75) is 194 Å². The van der Waals surface area contributed by atoms with E-state index in [2.05, 4.69) is 26.8 Å². The van der Waals surface area contributed by atoms with Crippen molar-refractivity contribution >= 4 is 0 Å². The molecular formula is C33H65N. The number of unbranched alkanes of at least 4 members (excludes halogenated alkanes) is 21. The summed E-state index contributed by atoms with van der Waals surface area (Å²) in [6.07, 6.45) is 37.8. The first-order chi connectivity index (χ1) is 16.7. The summed E-state index contributed by atoms with van der Waals surface area (Å²) in [6, 6.07) is 2.24. The zero-order chi connectivity index (χ0) is 25.0. The average molecular weight is 476 g/mol. The van der Waals surface area contributed by atoms with Gasteiger partial charge < -0.3 is 0 Å². The van der Waals surface area contributed by atoms with E-state index in [-0.39, 0.29) is 0 Å². The van der Waals surface area contributed by atoms with Crippen molar-refractivity contribution in [1.82, 2.24) is 0 Å². The second-order valence-electron chi connectivity index (χ2n) is 11.7. The first kappa shape index (κ1) is 33.5. The Morgan fingerprint density at radius 2 is 0.676 bits per heavy atom.